The van der Waals surface area contributed by atoms with Crippen LogP contribution in [-0.4, -0.2) is 5.71 Å². The molecule has 0 bridgehead atoms. The number of fused-ring (bicyclic) bond motifs is 1. The third-order valence-corrected chi connectivity index (χ3v) is 5.20. The molecule has 1 aromatic carbocycles. The molecule has 0 saturated heterocycles. The number of allylic oxidation sites excluding steroid dienone is 3. The van der Waals surface area contributed by atoms with Gasteiger partial charge in [0.25, 0.3) is 0 Å². The first-order valence-corrected chi connectivity index (χ1v) is 8.08. The summed E-state index contributed by atoms with van der Waals surface area (Å²) in [4.78, 5) is 0. The van der Waals surface area contributed by atoms with Crippen molar-refractivity contribution in [2.45, 2.75) is 51.4 Å². The highest BCUT2D eigenvalue weighted by Crippen LogP contribution is 2.55. The molecular formula is C20H25N. The second-order valence-electron chi connectivity index (χ2n) is 6.78. The summed E-state index contributed by atoms with van der Waals surface area (Å²) in [6.07, 6.45) is 10.3. The van der Waals surface area contributed by atoms with Crippen molar-refractivity contribution in [3.63, 3.8) is 0 Å². The van der Waals surface area contributed by atoms with Crippen LogP contribution in [-0.2, 0) is 18.3 Å². The molecule has 1 N–H and O–H groups in total. The van der Waals surface area contributed by atoms with Gasteiger partial charge in [0.15, 0.2) is 0 Å². The fourth-order valence-electron chi connectivity index (χ4n) is 3.63. The highest BCUT2D eigenvalue weighted by atomic mass is 14.5. The molecule has 1 nitrogen and oxygen atoms in total. The summed E-state index contributed by atoms with van der Waals surface area (Å²) in [7, 11) is 0. The Bertz CT molecular complexity index is 617. The molecule has 0 radical (unpaired) electrons. The summed E-state index contributed by atoms with van der Waals surface area (Å²) < 4.78 is 0. The Kier molecular flexibility index (Phi) is 3.61. The number of hydrogen-bond donors (Lipinski definition) is 1. The fourth-order valence-corrected chi connectivity index (χ4v) is 3.63. The van der Waals surface area contributed by atoms with Gasteiger partial charge in [0.2, 0.25) is 0 Å². The van der Waals surface area contributed by atoms with Gasteiger partial charge >= 0.3 is 0 Å². The van der Waals surface area contributed by atoms with Crippen LogP contribution in [0.1, 0.15) is 49.8 Å². The Balaban J connectivity index is 1.84. The number of benzene rings is 1. The van der Waals surface area contributed by atoms with E-state index in [2.05, 4.69) is 37.8 Å². The molecule has 1 heteroatoms. The second-order valence-corrected chi connectivity index (χ2v) is 6.78. The first-order chi connectivity index (χ1) is 10.0. The molecule has 0 aliphatic heterocycles. The van der Waals surface area contributed by atoms with Crippen molar-refractivity contribution in [3.05, 3.63) is 59.2 Å². The van der Waals surface area contributed by atoms with Crippen LogP contribution in [0.25, 0.3) is 0 Å². The summed E-state index contributed by atoms with van der Waals surface area (Å²) in [5.74, 6) is 0.334. The van der Waals surface area contributed by atoms with Gasteiger partial charge in [-0.3, -0.25) is 0 Å². The van der Waals surface area contributed by atoms with E-state index in [-0.39, 0.29) is 5.41 Å². The Labute approximate surface area is 128 Å². The van der Waals surface area contributed by atoms with E-state index in [0.29, 0.717) is 11.6 Å². The Morgan fingerprint density at radius 3 is 2.67 bits per heavy atom. The minimum Gasteiger partial charge on any atom is -0.306 e. The second kappa shape index (κ2) is 5.29. The Hall–Kier alpha value is -1.63. The molecule has 1 atom stereocenters. The maximum Gasteiger partial charge on any atom is 0.0279 e. The van der Waals surface area contributed by atoms with E-state index in [1.807, 2.05) is 13.0 Å². The maximum absolute atomic E-state index is 7.53. The van der Waals surface area contributed by atoms with Crippen molar-refractivity contribution in [1.82, 2.24) is 0 Å². The van der Waals surface area contributed by atoms with Crippen LogP contribution in [0.4, 0.5) is 0 Å². The number of nitrogens with one attached hydrogen (secondary N) is 1. The van der Waals surface area contributed by atoms with E-state index in [4.69, 9.17) is 5.41 Å². The Morgan fingerprint density at radius 2 is 2.00 bits per heavy atom. The van der Waals surface area contributed by atoms with Crippen LogP contribution in [0.5, 0.6) is 0 Å². The summed E-state index contributed by atoms with van der Waals surface area (Å²) in [5.41, 5.74) is 6.71. The lowest BCUT2D eigenvalue weighted by Gasteiger charge is -2.23. The summed E-state index contributed by atoms with van der Waals surface area (Å²) in [5, 5.41) is 7.53. The quantitative estimate of drug-likeness (QED) is 0.579. The average molecular weight is 279 g/mol. The van der Waals surface area contributed by atoms with Crippen molar-refractivity contribution in [2.24, 2.45) is 5.92 Å². The van der Waals surface area contributed by atoms with E-state index in [0.717, 1.165) is 0 Å². The molecule has 1 fully saturated rings. The third kappa shape index (κ3) is 2.62. The lowest BCUT2D eigenvalue weighted by Crippen LogP contribution is -2.15. The minimum absolute atomic E-state index is 0.206. The predicted molar refractivity (Wildman–Crippen MR) is 90.2 cm³/mol. The molecule has 1 aromatic rings. The molecule has 1 saturated carbocycles. The molecule has 0 heterocycles. The molecule has 0 spiro atoms. The normalized spacial score (nSPS) is 20.3. The predicted octanol–water partition coefficient (Wildman–Crippen LogP) is 5.00. The fraction of sp³-hybridized carbons (Fsp3) is 0.450. The van der Waals surface area contributed by atoms with E-state index < -0.39 is 0 Å². The lowest BCUT2D eigenvalue weighted by molar-refractivity contribution is 0.697. The van der Waals surface area contributed by atoms with Crippen LogP contribution < -0.4 is 0 Å². The monoisotopic (exact) mass is 279 g/mol. The number of rotatable bonds is 5. The van der Waals surface area contributed by atoms with Crippen molar-refractivity contribution in [1.29, 1.82) is 5.41 Å². The maximum atomic E-state index is 7.53. The Morgan fingerprint density at radius 1 is 1.29 bits per heavy atom. The van der Waals surface area contributed by atoms with Gasteiger partial charge < -0.3 is 5.41 Å². The van der Waals surface area contributed by atoms with Gasteiger partial charge in [-0.25, -0.2) is 0 Å². The molecule has 1 unspecified atom stereocenters. The summed E-state index contributed by atoms with van der Waals surface area (Å²) >= 11 is 0. The van der Waals surface area contributed by atoms with Crippen molar-refractivity contribution in [2.75, 3.05) is 0 Å². The topological polar surface area (TPSA) is 23.9 Å². The summed E-state index contributed by atoms with van der Waals surface area (Å²) in [6.45, 7) is 8.44. The van der Waals surface area contributed by atoms with Gasteiger partial charge in [-0.05, 0) is 67.7 Å². The van der Waals surface area contributed by atoms with Crippen LogP contribution in [0.2, 0.25) is 0 Å². The SMILES string of the molecule is C=C(C(C)/C=C\C(C)=N)C1(c2ccc3c(c2)CCC3)CC1. The van der Waals surface area contributed by atoms with Gasteiger partial charge in [-0.1, -0.05) is 43.4 Å². The zero-order chi connectivity index (χ0) is 15.0. The van der Waals surface area contributed by atoms with Gasteiger partial charge in [0.05, 0.1) is 0 Å². The molecule has 0 aromatic heterocycles. The third-order valence-electron chi connectivity index (χ3n) is 5.20. The van der Waals surface area contributed by atoms with Crippen molar-refractivity contribution < 1.29 is 0 Å². The van der Waals surface area contributed by atoms with Gasteiger partial charge in [-0.15, -0.1) is 0 Å². The van der Waals surface area contributed by atoms with Gasteiger partial charge in [0, 0.05) is 11.1 Å². The van der Waals surface area contributed by atoms with Crippen LogP contribution in [0.15, 0.2) is 42.5 Å². The van der Waals surface area contributed by atoms with E-state index in [1.165, 1.54) is 43.2 Å². The lowest BCUT2D eigenvalue weighted by atomic mass is 9.81. The molecule has 2 aliphatic rings. The van der Waals surface area contributed by atoms with Crippen molar-refractivity contribution >= 4 is 5.71 Å². The van der Waals surface area contributed by atoms with Gasteiger partial charge in [-0.2, -0.15) is 0 Å². The van der Waals surface area contributed by atoms with Crippen LogP contribution in [0, 0.1) is 11.3 Å². The van der Waals surface area contributed by atoms with Crippen molar-refractivity contribution in [3.8, 4) is 0 Å². The standard InChI is InChI=1S/C20H25N/c1-14(7-8-15(2)21)16(3)20(11-12-20)19-10-9-17-5-4-6-18(17)13-19/h7-10,13-14,21H,3-6,11-12H2,1-2H3/b8-7-,21-15?. The van der Waals surface area contributed by atoms with E-state index in [9.17, 15) is 0 Å². The largest absolute Gasteiger partial charge is 0.306 e. The zero-order valence-corrected chi connectivity index (χ0v) is 13.2. The number of aryl methyl sites for hydroxylation is 2. The molecule has 0 amide bonds. The highest BCUT2D eigenvalue weighted by Gasteiger charge is 2.47. The zero-order valence-electron chi connectivity index (χ0n) is 13.2. The first kappa shape index (κ1) is 14.3. The molecule has 21 heavy (non-hydrogen) atoms. The smallest absolute Gasteiger partial charge is 0.0279 e. The molecule has 110 valence electrons. The first-order valence-electron chi connectivity index (χ1n) is 8.08. The molecular weight excluding hydrogens is 254 g/mol. The number of hydrogen-bond acceptors (Lipinski definition) is 1. The average Bonchev–Trinajstić information content (AvgIpc) is 3.15. The van der Waals surface area contributed by atoms with Gasteiger partial charge in [0.1, 0.15) is 0 Å². The van der Waals surface area contributed by atoms with Crippen LogP contribution >= 0.6 is 0 Å². The van der Waals surface area contributed by atoms with Crippen LogP contribution in [0.3, 0.4) is 0 Å². The molecule has 2 aliphatic carbocycles. The minimum atomic E-state index is 0.206. The molecule has 3 rings (SSSR count). The van der Waals surface area contributed by atoms with E-state index >= 15 is 0 Å². The van der Waals surface area contributed by atoms with E-state index in [1.54, 1.807) is 11.1 Å². The highest BCUT2D eigenvalue weighted by molar-refractivity contribution is 5.89. The summed E-state index contributed by atoms with van der Waals surface area (Å²) in [6, 6.07) is 7.12.